The molecule has 29 heavy (non-hydrogen) atoms. The third kappa shape index (κ3) is 3.47. The van der Waals surface area contributed by atoms with Gasteiger partial charge in [-0.2, -0.15) is 5.10 Å². The van der Waals surface area contributed by atoms with Crippen LogP contribution < -0.4 is 0 Å². The van der Waals surface area contributed by atoms with E-state index in [1.807, 2.05) is 0 Å². The molecule has 0 N–H and O–H groups in total. The molecule has 0 spiro atoms. The summed E-state index contributed by atoms with van der Waals surface area (Å²) in [7, 11) is -2.51. The summed E-state index contributed by atoms with van der Waals surface area (Å²) in [4.78, 5) is -0.260. The molecule has 4 aromatic rings. The summed E-state index contributed by atoms with van der Waals surface area (Å²) in [6.45, 7) is 3.76. The van der Waals surface area contributed by atoms with Crippen LogP contribution in [0.2, 0.25) is 0 Å². The summed E-state index contributed by atoms with van der Waals surface area (Å²) in [5.41, 5.74) is 1.54. The van der Waals surface area contributed by atoms with Crippen LogP contribution in [0.1, 0.15) is 5.56 Å². The Labute approximate surface area is 166 Å². The van der Waals surface area contributed by atoms with Crippen LogP contribution in [0.5, 0.6) is 0 Å². The first kappa shape index (κ1) is 19.1. The van der Waals surface area contributed by atoms with E-state index in [1.54, 1.807) is 19.3 Å². The van der Waals surface area contributed by atoms with Crippen LogP contribution in [-0.4, -0.2) is 22.2 Å². The molecule has 0 saturated heterocycles. The Hall–Kier alpha value is -3.26. The fraction of sp³-hybridized carbons (Fsp3) is 0.0476. The maximum atomic E-state index is 14.3. The molecule has 0 amide bonds. The van der Waals surface area contributed by atoms with Crippen molar-refractivity contribution in [1.82, 2.24) is 13.8 Å². The number of rotatable bonds is 4. The molecule has 2 aromatic heterocycles. The molecule has 1 radical (unpaired) electrons. The molecule has 8 heteroatoms. The highest BCUT2D eigenvalue weighted by atomic mass is 32.2. The van der Waals surface area contributed by atoms with E-state index in [0.717, 1.165) is 10.0 Å². The minimum absolute atomic E-state index is 0.106. The van der Waals surface area contributed by atoms with Crippen LogP contribution in [0, 0.1) is 18.6 Å². The van der Waals surface area contributed by atoms with Crippen molar-refractivity contribution >= 4 is 10.0 Å². The van der Waals surface area contributed by atoms with E-state index < -0.39 is 21.7 Å². The first-order chi connectivity index (χ1) is 13.8. The zero-order chi connectivity index (χ0) is 20.8. The second kappa shape index (κ2) is 6.97. The normalized spacial score (nSPS) is 11.7. The number of nitrogens with zero attached hydrogens (tertiary/aromatic N) is 3. The SMILES string of the molecule is [CH2]c1cc(-c2ccccc2F)n(S(=O)(=O)c2cc(F)cc(-c3cnn(C)c3)c2)c1. The highest BCUT2D eigenvalue weighted by Gasteiger charge is 2.24. The van der Waals surface area contributed by atoms with Gasteiger partial charge in [0.25, 0.3) is 10.0 Å². The maximum Gasteiger partial charge on any atom is 0.268 e. The second-order valence-electron chi connectivity index (χ2n) is 6.59. The molecule has 0 aliphatic carbocycles. The van der Waals surface area contributed by atoms with Crippen molar-refractivity contribution in [3.63, 3.8) is 0 Å². The third-order valence-corrected chi connectivity index (χ3v) is 6.11. The lowest BCUT2D eigenvalue weighted by molar-refractivity contribution is 0.583. The molecule has 0 atom stereocenters. The monoisotopic (exact) mass is 412 g/mol. The molecule has 0 aliphatic heterocycles. The number of aryl methyl sites for hydroxylation is 1. The van der Waals surface area contributed by atoms with E-state index in [4.69, 9.17) is 0 Å². The smallest absolute Gasteiger partial charge is 0.268 e. The summed E-state index contributed by atoms with van der Waals surface area (Å²) in [6, 6.07) is 10.8. The standard InChI is InChI=1S/C21H16F2N3O2S/c1-14-7-21(19-5-3-4-6-20(19)23)26(12-14)29(27,28)18-9-15(8-17(22)10-18)16-11-24-25(2)13-16/h3-13H,1H2,2H3. The molecule has 5 nitrogen and oxygen atoms in total. The predicted molar refractivity (Wildman–Crippen MR) is 105 cm³/mol. The molecule has 2 heterocycles. The van der Waals surface area contributed by atoms with Crippen molar-refractivity contribution in [3.05, 3.63) is 91.2 Å². The van der Waals surface area contributed by atoms with Crippen LogP contribution in [0.3, 0.4) is 0 Å². The zero-order valence-corrected chi connectivity index (χ0v) is 16.2. The highest BCUT2D eigenvalue weighted by Crippen LogP contribution is 2.30. The number of hydrogen-bond donors (Lipinski definition) is 0. The van der Waals surface area contributed by atoms with E-state index in [9.17, 15) is 17.2 Å². The Balaban J connectivity index is 1.89. The van der Waals surface area contributed by atoms with Gasteiger partial charge in [-0.25, -0.2) is 21.2 Å². The molecule has 0 aliphatic rings. The topological polar surface area (TPSA) is 56.9 Å². The lowest BCUT2D eigenvalue weighted by Gasteiger charge is -2.12. The van der Waals surface area contributed by atoms with E-state index in [2.05, 4.69) is 12.0 Å². The second-order valence-corrected chi connectivity index (χ2v) is 8.41. The van der Waals surface area contributed by atoms with E-state index in [0.29, 0.717) is 16.7 Å². The van der Waals surface area contributed by atoms with Gasteiger partial charge in [0.2, 0.25) is 0 Å². The predicted octanol–water partition coefficient (Wildman–Crippen LogP) is 4.25. The summed E-state index contributed by atoms with van der Waals surface area (Å²) >= 11 is 0. The minimum Gasteiger partial charge on any atom is -0.275 e. The molecule has 2 aromatic carbocycles. The molecule has 0 unspecified atom stereocenters. The summed E-state index contributed by atoms with van der Waals surface area (Å²) in [6.07, 6.45) is 4.45. The third-order valence-electron chi connectivity index (χ3n) is 4.46. The van der Waals surface area contributed by atoms with Gasteiger partial charge in [-0.05, 0) is 54.4 Å². The van der Waals surface area contributed by atoms with Gasteiger partial charge in [-0.15, -0.1) is 0 Å². The molecular weight excluding hydrogens is 396 g/mol. The van der Waals surface area contributed by atoms with Crippen molar-refractivity contribution in [1.29, 1.82) is 0 Å². The Kier molecular flexibility index (Phi) is 4.58. The average Bonchev–Trinajstić information content (AvgIpc) is 3.28. The van der Waals surface area contributed by atoms with Crippen LogP contribution in [0.4, 0.5) is 8.78 Å². The van der Waals surface area contributed by atoms with Crippen molar-refractivity contribution in [2.75, 3.05) is 0 Å². The van der Waals surface area contributed by atoms with Crippen molar-refractivity contribution in [2.45, 2.75) is 4.90 Å². The Morgan fingerprint density at radius 1 is 1.00 bits per heavy atom. The summed E-state index contributed by atoms with van der Waals surface area (Å²) in [5.74, 6) is -1.28. The first-order valence-corrected chi connectivity index (χ1v) is 10.0. The quantitative estimate of drug-likeness (QED) is 0.504. The molecule has 0 fully saturated rings. The van der Waals surface area contributed by atoms with Crippen LogP contribution in [0.25, 0.3) is 22.4 Å². The molecule has 0 bridgehead atoms. The van der Waals surface area contributed by atoms with Gasteiger partial charge in [0, 0.05) is 30.6 Å². The van der Waals surface area contributed by atoms with Crippen molar-refractivity contribution in [2.24, 2.45) is 7.05 Å². The lowest BCUT2D eigenvalue weighted by Crippen LogP contribution is -2.14. The number of aromatic nitrogens is 3. The van der Waals surface area contributed by atoms with Crippen molar-refractivity contribution < 1.29 is 17.2 Å². The van der Waals surface area contributed by atoms with Gasteiger partial charge in [-0.1, -0.05) is 12.1 Å². The number of hydrogen-bond acceptors (Lipinski definition) is 3. The van der Waals surface area contributed by atoms with E-state index in [-0.39, 0.29) is 16.2 Å². The molecule has 0 saturated carbocycles. The fourth-order valence-electron chi connectivity index (χ4n) is 3.12. The van der Waals surface area contributed by atoms with Crippen LogP contribution >= 0.6 is 0 Å². The fourth-order valence-corrected chi connectivity index (χ4v) is 4.57. The Bertz CT molecular complexity index is 1320. The Morgan fingerprint density at radius 2 is 1.76 bits per heavy atom. The maximum absolute atomic E-state index is 14.3. The summed E-state index contributed by atoms with van der Waals surface area (Å²) < 4.78 is 57.7. The van der Waals surface area contributed by atoms with Gasteiger partial charge in [0.05, 0.1) is 16.8 Å². The van der Waals surface area contributed by atoms with E-state index >= 15 is 0 Å². The minimum atomic E-state index is -4.22. The number of benzene rings is 2. The Morgan fingerprint density at radius 3 is 2.45 bits per heavy atom. The van der Waals surface area contributed by atoms with Gasteiger partial charge in [-0.3, -0.25) is 4.68 Å². The summed E-state index contributed by atoms with van der Waals surface area (Å²) in [5, 5.41) is 4.03. The molecular formula is C21H16F2N3O2S. The van der Waals surface area contributed by atoms with E-state index in [1.165, 1.54) is 53.5 Å². The lowest BCUT2D eigenvalue weighted by atomic mass is 10.1. The van der Waals surface area contributed by atoms with Gasteiger partial charge in [0.15, 0.2) is 0 Å². The highest BCUT2D eigenvalue weighted by molar-refractivity contribution is 7.90. The van der Waals surface area contributed by atoms with Crippen molar-refractivity contribution in [3.8, 4) is 22.4 Å². The average molecular weight is 412 g/mol. The first-order valence-electron chi connectivity index (χ1n) is 8.60. The molecule has 147 valence electrons. The van der Waals surface area contributed by atoms with Gasteiger partial charge in [0.1, 0.15) is 11.6 Å². The number of halogens is 2. The zero-order valence-electron chi connectivity index (χ0n) is 15.4. The largest absolute Gasteiger partial charge is 0.275 e. The van der Waals surface area contributed by atoms with Crippen LogP contribution in [0.15, 0.2) is 72.0 Å². The van der Waals surface area contributed by atoms with Gasteiger partial charge >= 0.3 is 0 Å². The van der Waals surface area contributed by atoms with Crippen LogP contribution in [-0.2, 0) is 17.1 Å². The molecule has 4 rings (SSSR count). The van der Waals surface area contributed by atoms with Gasteiger partial charge < -0.3 is 0 Å².